The number of halogens is 1. The molecule has 5 heteroatoms. The Bertz CT molecular complexity index is 373. The van der Waals surface area contributed by atoms with E-state index in [9.17, 15) is 4.79 Å². The quantitative estimate of drug-likeness (QED) is 0.722. The lowest BCUT2D eigenvalue weighted by atomic mass is 10.1. The lowest BCUT2D eigenvalue weighted by Gasteiger charge is -2.12. The first-order valence-electron chi connectivity index (χ1n) is 4.57. The first-order valence-corrected chi connectivity index (χ1v) is 5.37. The number of aryl methyl sites for hydroxylation is 1. The van der Waals surface area contributed by atoms with Gasteiger partial charge in [0.15, 0.2) is 5.69 Å². The Morgan fingerprint density at radius 1 is 1.57 bits per heavy atom. The number of carbonyl (C=O) groups is 1. The predicted molar refractivity (Wildman–Crippen MR) is 54.2 cm³/mol. The van der Waals surface area contributed by atoms with Crippen LogP contribution in [0.15, 0.2) is 4.47 Å². The molecule has 1 aromatic heterocycles. The van der Waals surface area contributed by atoms with E-state index in [4.69, 9.17) is 0 Å². The van der Waals surface area contributed by atoms with Gasteiger partial charge in [0.2, 0.25) is 0 Å². The fourth-order valence-electron chi connectivity index (χ4n) is 1.68. The van der Waals surface area contributed by atoms with Crippen LogP contribution in [-0.4, -0.2) is 22.9 Å². The molecule has 0 aromatic carbocycles. The average Bonchev–Trinajstić information content (AvgIpc) is 2.56. The van der Waals surface area contributed by atoms with Crippen molar-refractivity contribution >= 4 is 21.9 Å². The van der Waals surface area contributed by atoms with E-state index in [1.165, 1.54) is 7.11 Å². The molecule has 4 nitrogen and oxygen atoms in total. The number of esters is 1. The zero-order valence-electron chi connectivity index (χ0n) is 7.92. The molecular weight excluding hydrogens is 248 g/mol. The minimum absolute atomic E-state index is 0.376. The van der Waals surface area contributed by atoms with Gasteiger partial charge in [-0.15, -0.1) is 0 Å². The van der Waals surface area contributed by atoms with Gasteiger partial charge in [-0.1, -0.05) is 0 Å². The van der Waals surface area contributed by atoms with E-state index in [0.717, 1.165) is 36.0 Å². The van der Waals surface area contributed by atoms with Gasteiger partial charge in [-0.05, 0) is 35.2 Å². The molecule has 76 valence electrons. The minimum Gasteiger partial charge on any atom is -0.464 e. The molecule has 0 saturated carbocycles. The Hall–Kier alpha value is -0.840. The summed E-state index contributed by atoms with van der Waals surface area (Å²) < 4.78 is 7.33. The summed E-state index contributed by atoms with van der Waals surface area (Å²) in [7, 11) is 1.37. The number of aromatic nitrogens is 2. The molecule has 1 aliphatic heterocycles. The topological polar surface area (TPSA) is 44.1 Å². The van der Waals surface area contributed by atoms with Crippen molar-refractivity contribution in [2.24, 2.45) is 0 Å². The first-order chi connectivity index (χ1) is 6.74. The van der Waals surface area contributed by atoms with Crippen molar-refractivity contribution < 1.29 is 9.53 Å². The molecule has 0 bridgehead atoms. The van der Waals surface area contributed by atoms with Crippen LogP contribution in [0.3, 0.4) is 0 Å². The molecule has 0 N–H and O–H groups in total. The summed E-state index contributed by atoms with van der Waals surface area (Å²) in [5.74, 6) is -0.376. The minimum atomic E-state index is -0.376. The number of nitrogens with zero attached hydrogens (tertiary/aromatic N) is 2. The largest absolute Gasteiger partial charge is 0.464 e. The SMILES string of the molecule is COC(=O)c1nn2c(c1Br)CCCC2. The van der Waals surface area contributed by atoms with Crippen molar-refractivity contribution in [1.29, 1.82) is 0 Å². The highest BCUT2D eigenvalue weighted by molar-refractivity contribution is 9.10. The van der Waals surface area contributed by atoms with Gasteiger partial charge in [0.05, 0.1) is 17.3 Å². The molecule has 0 unspecified atom stereocenters. The summed E-state index contributed by atoms with van der Waals surface area (Å²) in [5.41, 5.74) is 1.50. The van der Waals surface area contributed by atoms with Crippen LogP contribution in [0.1, 0.15) is 29.0 Å². The van der Waals surface area contributed by atoms with Gasteiger partial charge in [-0.2, -0.15) is 5.10 Å². The van der Waals surface area contributed by atoms with Crippen molar-refractivity contribution in [3.8, 4) is 0 Å². The van der Waals surface area contributed by atoms with E-state index in [1.54, 1.807) is 0 Å². The van der Waals surface area contributed by atoms with E-state index in [0.29, 0.717) is 5.69 Å². The number of fused-ring (bicyclic) bond motifs is 1. The second-order valence-electron chi connectivity index (χ2n) is 3.28. The van der Waals surface area contributed by atoms with Crippen molar-refractivity contribution in [2.75, 3.05) is 7.11 Å². The zero-order chi connectivity index (χ0) is 10.1. The second-order valence-corrected chi connectivity index (χ2v) is 4.07. The predicted octanol–water partition coefficient (Wildman–Crippen LogP) is 1.77. The van der Waals surface area contributed by atoms with Gasteiger partial charge in [0.1, 0.15) is 0 Å². The first kappa shape index (κ1) is 9.71. The summed E-state index contributed by atoms with van der Waals surface area (Å²) >= 11 is 3.39. The number of hydrogen-bond acceptors (Lipinski definition) is 3. The maximum atomic E-state index is 11.3. The molecule has 0 fully saturated rings. The van der Waals surface area contributed by atoms with E-state index < -0.39 is 0 Å². The fourth-order valence-corrected chi connectivity index (χ4v) is 2.32. The molecular formula is C9H11BrN2O2. The highest BCUT2D eigenvalue weighted by atomic mass is 79.9. The molecule has 2 heterocycles. The number of hydrogen-bond donors (Lipinski definition) is 0. The van der Waals surface area contributed by atoms with Crippen molar-refractivity contribution in [3.63, 3.8) is 0 Å². The molecule has 2 rings (SSSR count). The van der Waals surface area contributed by atoms with Gasteiger partial charge >= 0.3 is 5.97 Å². The molecule has 14 heavy (non-hydrogen) atoms. The zero-order valence-corrected chi connectivity index (χ0v) is 9.50. The van der Waals surface area contributed by atoms with Crippen LogP contribution in [-0.2, 0) is 17.7 Å². The Kier molecular flexibility index (Phi) is 2.58. The van der Waals surface area contributed by atoms with E-state index in [2.05, 4.69) is 25.8 Å². The second kappa shape index (κ2) is 3.73. The van der Waals surface area contributed by atoms with E-state index in [-0.39, 0.29) is 5.97 Å². The summed E-state index contributed by atoms with van der Waals surface area (Å²) in [6.45, 7) is 0.894. The Morgan fingerprint density at radius 2 is 2.36 bits per heavy atom. The van der Waals surface area contributed by atoms with Gasteiger partial charge in [0.25, 0.3) is 0 Å². The van der Waals surface area contributed by atoms with Gasteiger partial charge < -0.3 is 4.74 Å². The third kappa shape index (κ3) is 1.45. The van der Waals surface area contributed by atoms with Crippen LogP contribution >= 0.6 is 15.9 Å². The van der Waals surface area contributed by atoms with Gasteiger partial charge in [-0.3, -0.25) is 4.68 Å². The Morgan fingerprint density at radius 3 is 3.00 bits per heavy atom. The Labute approximate surface area is 90.4 Å². The number of carbonyl (C=O) groups excluding carboxylic acids is 1. The van der Waals surface area contributed by atoms with Crippen LogP contribution in [0.4, 0.5) is 0 Å². The van der Waals surface area contributed by atoms with Crippen molar-refractivity contribution in [3.05, 3.63) is 15.9 Å². The number of rotatable bonds is 1. The van der Waals surface area contributed by atoms with Crippen LogP contribution < -0.4 is 0 Å². The highest BCUT2D eigenvalue weighted by Crippen LogP contribution is 2.26. The maximum absolute atomic E-state index is 11.3. The smallest absolute Gasteiger partial charge is 0.359 e. The molecule has 1 aromatic rings. The monoisotopic (exact) mass is 258 g/mol. The highest BCUT2D eigenvalue weighted by Gasteiger charge is 2.23. The van der Waals surface area contributed by atoms with Crippen LogP contribution in [0, 0.1) is 0 Å². The Balaban J connectivity index is 2.43. The summed E-state index contributed by atoms with van der Waals surface area (Å²) in [5, 5.41) is 4.22. The average molecular weight is 259 g/mol. The molecule has 0 saturated heterocycles. The molecule has 0 radical (unpaired) electrons. The van der Waals surface area contributed by atoms with Crippen molar-refractivity contribution in [2.45, 2.75) is 25.8 Å². The van der Waals surface area contributed by atoms with Gasteiger partial charge in [-0.25, -0.2) is 4.79 Å². The number of methoxy groups -OCH3 is 1. The number of ether oxygens (including phenoxy) is 1. The van der Waals surface area contributed by atoms with E-state index >= 15 is 0 Å². The van der Waals surface area contributed by atoms with Gasteiger partial charge in [0, 0.05) is 6.54 Å². The lowest BCUT2D eigenvalue weighted by Crippen LogP contribution is -2.11. The van der Waals surface area contributed by atoms with Crippen LogP contribution in [0.2, 0.25) is 0 Å². The normalized spacial score (nSPS) is 15.0. The molecule has 1 aliphatic rings. The fraction of sp³-hybridized carbons (Fsp3) is 0.556. The van der Waals surface area contributed by atoms with E-state index in [1.807, 2.05) is 4.68 Å². The molecule has 0 spiro atoms. The molecule has 0 amide bonds. The third-order valence-electron chi connectivity index (χ3n) is 2.41. The standard InChI is InChI=1S/C9H11BrN2O2/c1-14-9(13)8-7(10)6-4-2-3-5-12(6)11-8/h2-5H2,1H3. The molecule has 0 atom stereocenters. The van der Waals surface area contributed by atoms with Crippen LogP contribution in [0.25, 0.3) is 0 Å². The summed E-state index contributed by atoms with van der Waals surface area (Å²) in [4.78, 5) is 11.3. The summed E-state index contributed by atoms with van der Waals surface area (Å²) in [6.07, 6.45) is 3.26. The molecule has 0 aliphatic carbocycles. The third-order valence-corrected chi connectivity index (χ3v) is 3.24. The summed E-state index contributed by atoms with van der Waals surface area (Å²) in [6, 6.07) is 0. The maximum Gasteiger partial charge on any atom is 0.359 e. The van der Waals surface area contributed by atoms with Crippen LogP contribution in [0.5, 0.6) is 0 Å². The van der Waals surface area contributed by atoms with Crippen molar-refractivity contribution in [1.82, 2.24) is 9.78 Å². The lowest BCUT2D eigenvalue weighted by molar-refractivity contribution is 0.0592.